The first-order chi connectivity index (χ1) is 54.1. The van der Waals surface area contributed by atoms with Gasteiger partial charge in [-0.05, 0) is 106 Å². The molecule has 1 saturated heterocycles. The number of primary amides is 4. The number of nitrogens with one attached hydrogen (secondary N) is 14. The second kappa shape index (κ2) is 44.1. The molecule has 41 heteroatoms. The molecular formula is C73H100N20O20S. The summed E-state index contributed by atoms with van der Waals surface area (Å²) in [5.74, 6) is -18.6. The first-order valence-electron chi connectivity index (χ1n) is 36.5. The molecule has 1 aliphatic rings. The molecule has 40 nitrogen and oxygen atoms in total. The molecule has 1 aliphatic heterocycles. The van der Waals surface area contributed by atoms with Crippen LogP contribution in [-0.2, 0) is 101 Å². The van der Waals surface area contributed by atoms with Crippen LogP contribution in [-0.4, -0.2) is 230 Å². The van der Waals surface area contributed by atoms with E-state index in [2.05, 4.69) is 73.8 Å². The van der Waals surface area contributed by atoms with E-state index < -0.39 is 236 Å². The van der Waals surface area contributed by atoms with Crippen molar-refractivity contribution in [3.8, 4) is 5.75 Å². The summed E-state index contributed by atoms with van der Waals surface area (Å²) in [6.45, 7) is 2.90. The standard InChI is InChI=1S/C73H100N20O20S/c1-37(94)61-71(111)89-52(30-40-33-80-45-11-6-4-9-43(40)45)68(108)85-47(17-20-56(76)96)63(103)90-55(36-114-28-23-50(83-38(2)95)65(105)84-48(66(106)92-61)18-21-57(77)97)69(109)86-51(29-39-13-15-42(16-14-39)113-27-26-75)67(107)87-53(31-41-34-81-46-12-7-5-10-44(41)46)70(110)93-73(3,24-8-25-74)72(112)91-49(19-22-60(100)101)64(104)88-54(32-58(78)98)62(102)82-35-59(79)99/h4-7,9-16,33-34,37,47-55,61,80-81,94H,8,17-32,35-36,74-75H2,1-3H3,(H2,76,96)(H2,77,97)(H2,78,98)(H2,79,99)(H,82,102)(H,83,95)(H,84,105)(H,85,108)(H,86,109)(H,87,107)(H,88,104)(H,89,111)(H,90,103)(H,91,112)(H,92,106)(H,93,110)(H,100,101)/t37-,47+,48+,49+,50+,51+,52+,53+,54+,55+,61+,73+/m1/s1. The Morgan fingerprint density at radius 1 is 0.605 bits per heavy atom. The van der Waals surface area contributed by atoms with Crippen molar-refractivity contribution in [3.05, 3.63) is 102 Å². The van der Waals surface area contributed by atoms with Crippen LogP contribution in [0.25, 0.3) is 21.8 Å². The first-order valence-corrected chi connectivity index (χ1v) is 37.7. The Labute approximate surface area is 657 Å². The molecule has 2 aromatic heterocycles. The SMILES string of the molecule is CC(=O)N[C@H]1CCSC[C@@H](C(=O)N[C@@H](Cc2ccc(OCCN)cc2)C(=O)N[C@@H](Cc2c[nH]c3ccccc23)C(=O)N[C@@](C)(CCCN)C(=O)N[C@@H](CCC(=O)O)C(=O)N[C@@H](CC(N)=O)C(=O)NCC(N)=O)NC(=O)[C@H](CCC(N)=O)NC(=O)[C@H](Cc2c[nH]c3ccccc23)NC(=O)[C@H]([C@@H](C)O)NC(=O)[C@H](CCC(N)=O)NC1=O. The molecule has 0 bridgehead atoms. The van der Waals surface area contributed by atoms with Crippen LogP contribution in [0.4, 0.5) is 0 Å². The quantitative estimate of drug-likeness (QED) is 0.0175. The third kappa shape index (κ3) is 28.5. The van der Waals surface area contributed by atoms with E-state index in [1.54, 1.807) is 85.2 Å². The third-order valence-electron chi connectivity index (χ3n) is 18.2. The number of hydrogen-bond donors (Lipinski definition) is 22. The number of ether oxygens (including phenoxy) is 1. The normalized spacial score (nSPS) is 19.1. The molecule has 16 amide bonds. The molecule has 114 heavy (non-hydrogen) atoms. The summed E-state index contributed by atoms with van der Waals surface area (Å²) in [6, 6.07) is 2.53. The number of benzene rings is 3. The van der Waals surface area contributed by atoms with E-state index in [4.69, 9.17) is 39.1 Å². The van der Waals surface area contributed by atoms with E-state index >= 15 is 19.2 Å². The van der Waals surface area contributed by atoms with Gasteiger partial charge in [-0.15, -0.1) is 0 Å². The molecule has 28 N–H and O–H groups in total. The van der Waals surface area contributed by atoms with Crippen molar-refractivity contribution in [2.45, 2.75) is 176 Å². The van der Waals surface area contributed by atoms with Crippen molar-refractivity contribution in [2.75, 3.05) is 37.7 Å². The Morgan fingerprint density at radius 2 is 1.17 bits per heavy atom. The minimum Gasteiger partial charge on any atom is -0.492 e. The highest BCUT2D eigenvalue weighted by molar-refractivity contribution is 7.99. The molecule has 3 heterocycles. The number of carbonyl (C=O) groups is 17. The van der Waals surface area contributed by atoms with Crippen molar-refractivity contribution in [3.63, 3.8) is 0 Å². The van der Waals surface area contributed by atoms with Gasteiger partial charge in [0, 0.05) is 91.9 Å². The highest BCUT2D eigenvalue weighted by atomic mass is 32.2. The maximum Gasteiger partial charge on any atom is 0.303 e. The van der Waals surface area contributed by atoms with Gasteiger partial charge in [-0.3, -0.25) is 81.5 Å². The number of aliphatic hydroxyl groups is 1. The first kappa shape index (κ1) is 90.6. The maximum absolute atomic E-state index is 15.6. The van der Waals surface area contributed by atoms with E-state index in [-0.39, 0.29) is 57.6 Å². The zero-order valence-corrected chi connectivity index (χ0v) is 63.8. The second-order valence-corrected chi connectivity index (χ2v) is 28.6. The smallest absolute Gasteiger partial charge is 0.303 e. The minimum absolute atomic E-state index is 0.00403. The van der Waals surface area contributed by atoms with E-state index in [0.29, 0.717) is 44.2 Å². The molecule has 6 rings (SSSR count). The number of carbonyl (C=O) groups excluding carboxylic acids is 16. The number of amides is 16. The molecule has 5 aromatic rings. The Bertz CT molecular complexity index is 4310. The molecule has 1 fully saturated rings. The van der Waals surface area contributed by atoms with E-state index in [9.17, 15) is 72.5 Å². The van der Waals surface area contributed by atoms with Crippen LogP contribution < -0.4 is 103 Å². The van der Waals surface area contributed by atoms with Crippen LogP contribution in [0.5, 0.6) is 5.75 Å². The number of aromatic nitrogens is 2. The van der Waals surface area contributed by atoms with Gasteiger partial charge in [-0.1, -0.05) is 48.5 Å². The molecule has 0 spiro atoms. The van der Waals surface area contributed by atoms with Crippen LogP contribution in [0, 0.1) is 0 Å². The van der Waals surface area contributed by atoms with Crippen LogP contribution in [0.15, 0.2) is 85.2 Å². The van der Waals surface area contributed by atoms with Crippen molar-refractivity contribution in [1.82, 2.24) is 73.8 Å². The van der Waals surface area contributed by atoms with Gasteiger partial charge >= 0.3 is 5.97 Å². The molecule has 0 radical (unpaired) electrons. The van der Waals surface area contributed by atoms with Gasteiger partial charge in [0.1, 0.15) is 78.3 Å². The molecule has 3 aromatic carbocycles. The molecule has 0 unspecified atom stereocenters. The number of aromatic amines is 2. The number of aliphatic carboxylic acids is 1. The summed E-state index contributed by atoms with van der Waals surface area (Å²) in [5, 5.41) is 52.0. The zero-order valence-electron chi connectivity index (χ0n) is 63.0. The fourth-order valence-electron chi connectivity index (χ4n) is 12.2. The number of carboxylic acid groups (broad SMARTS) is 1. The average molecular weight is 1610 g/mol. The Balaban J connectivity index is 1.45. The van der Waals surface area contributed by atoms with Gasteiger partial charge in [-0.2, -0.15) is 11.8 Å². The predicted molar refractivity (Wildman–Crippen MR) is 412 cm³/mol. The summed E-state index contributed by atoms with van der Waals surface area (Å²) >= 11 is 0.910. The molecular weight excluding hydrogens is 1510 g/mol. The lowest BCUT2D eigenvalue weighted by Gasteiger charge is -2.33. The van der Waals surface area contributed by atoms with E-state index in [1.165, 1.54) is 6.92 Å². The van der Waals surface area contributed by atoms with Crippen molar-refractivity contribution >= 4 is 134 Å². The third-order valence-corrected chi connectivity index (χ3v) is 19.3. The molecule has 0 saturated carbocycles. The van der Waals surface area contributed by atoms with Gasteiger partial charge < -0.3 is 123 Å². The van der Waals surface area contributed by atoms with Crippen molar-refractivity contribution in [1.29, 1.82) is 0 Å². The number of para-hydroxylation sites is 2. The highest BCUT2D eigenvalue weighted by Gasteiger charge is 2.42. The Kier molecular flexibility index (Phi) is 35.1. The van der Waals surface area contributed by atoms with Crippen LogP contribution in [0.2, 0.25) is 0 Å². The number of H-pyrrole nitrogens is 2. The number of aliphatic hydroxyl groups excluding tert-OH is 1. The van der Waals surface area contributed by atoms with Crippen LogP contribution in [0.3, 0.4) is 0 Å². The topological polar surface area (TPSA) is 672 Å². The van der Waals surface area contributed by atoms with Gasteiger partial charge in [-0.25, -0.2) is 0 Å². The van der Waals surface area contributed by atoms with Gasteiger partial charge in [0.25, 0.3) is 0 Å². The fraction of sp³-hybridized carbons (Fsp3) is 0.466. The lowest BCUT2D eigenvalue weighted by molar-refractivity contribution is -0.140. The highest BCUT2D eigenvalue weighted by Crippen LogP contribution is 2.24. The maximum atomic E-state index is 15.6. The molecule has 618 valence electrons. The summed E-state index contributed by atoms with van der Waals surface area (Å²) in [4.78, 5) is 241. The van der Waals surface area contributed by atoms with E-state index in [0.717, 1.165) is 25.6 Å². The summed E-state index contributed by atoms with van der Waals surface area (Å²) in [6.07, 6.45) is -4.65. The monoisotopic (exact) mass is 1610 g/mol. The Morgan fingerprint density at radius 3 is 1.75 bits per heavy atom. The van der Waals surface area contributed by atoms with E-state index in [1.807, 2.05) is 0 Å². The van der Waals surface area contributed by atoms with Crippen LogP contribution in [0.1, 0.15) is 102 Å². The molecule has 0 aliphatic carbocycles. The number of fused-ring (bicyclic) bond motifs is 2. The lowest BCUT2D eigenvalue weighted by Crippen LogP contribution is -2.64. The Hall–Kier alpha value is -12.2. The zero-order chi connectivity index (χ0) is 83.9. The largest absolute Gasteiger partial charge is 0.492 e. The number of hydrogen-bond acceptors (Lipinski definition) is 22. The van der Waals surface area contributed by atoms with Gasteiger partial charge in [0.15, 0.2) is 0 Å². The predicted octanol–water partition coefficient (Wildman–Crippen LogP) is -6.11. The van der Waals surface area contributed by atoms with Gasteiger partial charge in [0.05, 0.1) is 19.1 Å². The lowest BCUT2D eigenvalue weighted by atomic mass is 9.92. The number of nitrogens with two attached hydrogens (primary N) is 6. The summed E-state index contributed by atoms with van der Waals surface area (Å²) < 4.78 is 5.70. The summed E-state index contributed by atoms with van der Waals surface area (Å²) in [5.41, 5.74) is 33.6. The van der Waals surface area contributed by atoms with Crippen molar-refractivity contribution < 1.29 is 96.5 Å². The number of rotatable bonds is 38. The minimum atomic E-state index is -2.12. The number of thioether (sulfide) groups is 1. The number of carboxylic acids is 1. The van der Waals surface area contributed by atoms with Gasteiger partial charge in [0.2, 0.25) is 94.5 Å². The summed E-state index contributed by atoms with van der Waals surface area (Å²) in [7, 11) is 0. The van der Waals surface area contributed by atoms with Crippen LogP contribution >= 0.6 is 11.8 Å². The fourth-order valence-corrected chi connectivity index (χ4v) is 13.2. The average Bonchev–Trinajstić information content (AvgIpc) is 1.58. The van der Waals surface area contributed by atoms with Crippen molar-refractivity contribution in [2.24, 2.45) is 34.4 Å². The molecule has 12 atom stereocenters. The second-order valence-electron chi connectivity index (χ2n) is 27.4.